The van der Waals surface area contributed by atoms with Crippen molar-refractivity contribution in [3.05, 3.63) is 107 Å². The molecule has 4 heterocycles. The Morgan fingerprint density at radius 1 is 1.27 bits per heavy atom. The number of nitro groups is 1. The Morgan fingerprint density at radius 3 is 2.78 bits per heavy atom. The molecule has 188 valence electrons. The Morgan fingerprint density at radius 2 is 2.08 bits per heavy atom. The summed E-state index contributed by atoms with van der Waals surface area (Å²) in [6.45, 7) is 5.32. The maximum absolute atomic E-state index is 13.6. The standard InChI is InChI=1S/C26H21N3O7S/c1-4-34-25(31)22-15(3)27-26-28(24(30)21(37-26)13-17-6-5-11-35-17)23(22)20-10-9-19(36-20)18-12-16(29(32)33)8-7-14(18)2/h5-13,23H,4H2,1-3H3/b21-13-/t23-/m0/s1. The molecule has 3 aromatic heterocycles. The second-order valence-corrected chi connectivity index (χ2v) is 9.29. The molecule has 0 aliphatic carbocycles. The molecule has 0 fully saturated rings. The maximum Gasteiger partial charge on any atom is 0.338 e. The molecule has 10 nitrogen and oxygen atoms in total. The Kier molecular flexibility index (Phi) is 6.22. The number of thiazole rings is 1. The summed E-state index contributed by atoms with van der Waals surface area (Å²) in [5.74, 6) is 0.554. The van der Waals surface area contributed by atoms with Gasteiger partial charge < -0.3 is 13.6 Å². The first-order valence-electron chi connectivity index (χ1n) is 11.4. The van der Waals surface area contributed by atoms with Gasteiger partial charge in [-0.2, -0.15) is 0 Å². The molecular weight excluding hydrogens is 498 g/mol. The van der Waals surface area contributed by atoms with Crippen molar-refractivity contribution in [3.63, 3.8) is 0 Å². The molecule has 0 saturated carbocycles. The van der Waals surface area contributed by atoms with Crippen molar-refractivity contribution in [2.45, 2.75) is 26.8 Å². The van der Waals surface area contributed by atoms with Crippen LogP contribution in [0.2, 0.25) is 0 Å². The van der Waals surface area contributed by atoms with E-state index in [-0.39, 0.29) is 23.4 Å². The lowest BCUT2D eigenvalue weighted by molar-refractivity contribution is -0.384. The van der Waals surface area contributed by atoms with Crippen LogP contribution in [0.5, 0.6) is 0 Å². The number of rotatable bonds is 6. The minimum atomic E-state index is -0.943. The summed E-state index contributed by atoms with van der Waals surface area (Å²) < 4.78 is 18.6. The van der Waals surface area contributed by atoms with Gasteiger partial charge in [-0.1, -0.05) is 17.4 Å². The number of furan rings is 2. The largest absolute Gasteiger partial charge is 0.465 e. The normalized spacial score (nSPS) is 15.4. The van der Waals surface area contributed by atoms with Crippen molar-refractivity contribution in [2.75, 3.05) is 6.61 Å². The summed E-state index contributed by atoms with van der Waals surface area (Å²) in [6, 6.07) is 10.3. The highest BCUT2D eigenvalue weighted by molar-refractivity contribution is 7.07. The number of esters is 1. The second kappa shape index (κ2) is 9.51. The Balaban J connectivity index is 1.70. The topological polar surface area (TPSA) is 130 Å². The fourth-order valence-corrected chi connectivity index (χ4v) is 5.22. The van der Waals surface area contributed by atoms with Crippen LogP contribution in [-0.2, 0) is 9.53 Å². The van der Waals surface area contributed by atoms with Gasteiger partial charge in [-0.15, -0.1) is 0 Å². The first-order valence-corrected chi connectivity index (χ1v) is 12.2. The number of carbonyl (C=O) groups excluding carboxylic acids is 1. The number of allylic oxidation sites excluding steroid dienone is 1. The molecule has 11 heteroatoms. The smallest absolute Gasteiger partial charge is 0.338 e. The molecule has 0 bridgehead atoms. The van der Waals surface area contributed by atoms with Crippen molar-refractivity contribution in [1.82, 2.24) is 4.57 Å². The third kappa shape index (κ3) is 4.33. The van der Waals surface area contributed by atoms with E-state index in [1.54, 1.807) is 50.3 Å². The molecule has 5 rings (SSSR count). The van der Waals surface area contributed by atoms with Crippen LogP contribution in [0.25, 0.3) is 17.4 Å². The third-order valence-electron chi connectivity index (χ3n) is 5.93. The predicted octanol–water partition coefficient (Wildman–Crippen LogP) is 3.87. The number of fused-ring (bicyclic) bond motifs is 1. The minimum Gasteiger partial charge on any atom is -0.465 e. The number of carbonyl (C=O) groups is 1. The van der Waals surface area contributed by atoms with E-state index in [2.05, 4.69) is 4.99 Å². The zero-order valence-corrected chi connectivity index (χ0v) is 20.9. The van der Waals surface area contributed by atoms with Crippen LogP contribution in [0.4, 0.5) is 5.69 Å². The molecule has 0 saturated heterocycles. The molecule has 1 atom stereocenters. The molecule has 0 N–H and O–H groups in total. The van der Waals surface area contributed by atoms with E-state index < -0.39 is 16.9 Å². The minimum absolute atomic E-state index is 0.0765. The molecule has 1 aliphatic rings. The SMILES string of the molecule is CCOC(=O)C1=C(C)N=c2s/c(=C\c3ccco3)c(=O)n2[C@H]1c1ccc(-c2cc([N+](=O)[O-])ccc2C)o1. The molecule has 0 radical (unpaired) electrons. The quantitative estimate of drug-likeness (QED) is 0.215. The fraction of sp³-hybridized carbons (Fsp3) is 0.192. The number of hydrogen-bond acceptors (Lipinski definition) is 9. The number of nitrogens with zero attached hydrogens (tertiary/aromatic N) is 3. The van der Waals surface area contributed by atoms with Crippen LogP contribution in [-0.4, -0.2) is 22.1 Å². The fourth-order valence-electron chi connectivity index (χ4n) is 4.20. The van der Waals surface area contributed by atoms with Gasteiger partial charge in [-0.25, -0.2) is 9.79 Å². The zero-order chi connectivity index (χ0) is 26.3. The van der Waals surface area contributed by atoms with Gasteiger partial charge in [0, 0.05) is 23.8 Å². The lowest BCUT2D eigenvalue weighted by Gasteiger charge is -2.22. The van der Waals surface area contributed by atoms with Crippen molar-refractivity contribution >= 4 is 29.1 Å². The van der Waals surface area contributed by atoms with Gasteiger partial charge in [0.1, 0.15) is 23.3 Å². The summed E-state index contributed by atoms with van der Waals surface area (Å²) in [5, 5.41) is 11.3. The Labute approximate surface area is 213 Å². The number of non-ortho nitro benzene ring substituents is 1. The van der Waals surface area contributed by atoms with E-state index in [1.165, 1.54) is 34.3 Å². The predicted molar refractivity (Wildman–Crippen MR) is 135 cm³/mol. The number of hydrogen-bond donors (Lipinski definition) is 0. The summed E-state index contributed by atoms with van der Waals surface area (Å²) in [5.41, 5.74) is 1.43. The van der Waals surface area contributed by atoms with Crippen LogP contribution in [0.1, 0.15) is 37.0 Å². The molecule has 1 aliphatic heterocycles. The van der Waals surface area contributed by atoms with Crippen LogP contribution in [0.15, 0.2) is 78.6 Å². The lowest BCUT2D eigenvalue weighted by Crippen LogP contribution is -2.39. The second-order valence-electron chi connectivity index (χ2n) is 8.28. The summed E-state index contributed by atoms with van der Waals surface area (Å²) >= 11 is 1.17. The average molecular weight is 520 g/mol. The molecule has 0 unspecified atom stereocenters. The van der Waals surface area contributed by atoms with Crippen LogP contribution < -0.4 is 14.9 Å². The van der Waals surface area contributed by atoms with Gasteiger partial charge in [0.25, 0.3) is 11.2 Å². The van der Waals surface area contributed by atoms with E-state index in [9.17, 15) is 19.7 Å². The first-order chi connectivity index (χ1) is 17.8. The van der Waals surface area contributed by atoms with Gasteiger partial charge in [-0.3, -0.25) is 19.5 Å². The van der Waals surface area contributed by atoms with E-state index in [1.807, 2.05) is 6.92 Å². The van der Waals surface area contributed by atoms with E-state index >= 15 is 0 Å². The first kappa shape index (κ1) is 24.2. The van der Waals surface area contributed by atoms with Gasteiger partial charge in [0.15, 0.2) is 4.80 Å². The Bertz CT molecular complexity index is 1740. The Hall–Kier alpha value is -4.51. The molecular formula is C26H21N3O7S. The monoisotopic (exact) mass is 519 g/mol. The van der Waals surface area contributed by atoms with Crippen molar-refractivity contribution in [3.8, 4) is 11.3 Å². The summed E-state index contributed by atoms with van der Waals surface area (Å²) in [4.78, 5) is 42.3. The molecule has 37 heavy (non-hydrogen) atoms. The number of benzene rings is 1. The van der Waals surface area contributed by atoms with Crippen LogP contribution >= 0.6 is 11.3 Å². The average Bonchev–Trinajstić information content (AvgIpc) is 3.60. The number of ether oxygens (including phenoxy) is 1. The number of aryl methyl sites for hydroxylation is 1. The van der Waals surface area contributed by atoms with E-state index in [4.69, 9.17) is 13.6 Å². The molecule has 1 aromatic carbocycles. The zero-order valence-electron chi connectivity index (χ0n) is 20.1. The van der Waals surface area contributed by atoms with E-state index in [0.717, 1.165) is 5.56 Å². The highest BCUT2D eigenvalue weighted by atomic mass is 32.1. The van der Waals surface area contributed by atoms with Gasteiger partial charge in [0.05, 0.1) is 33.6 Å². The number of nitro benzene ring substituents is 1. The molecule has 0 amide bonds. The number of aromatic nitrogens is 1. The molecule has 0 spiro atoms. The summed E-state index contributed by atoms with van der Waals surface area (Å²) in [6.07, 6.45) is 3.12. The molecule has 4 aromatic rings. The highest BCUT2D eigenvalue weighted by Gasteiger charge is 2.35. The van der Waals surface area contributed by atoms with Gasteiger partial charge in [0.2, 0.25) is 0 Å². The van der Waals surface area contributed by atoms with Crippen LogP contribution in [0.3, 0.4) is 0 Å². The summed E-state index contributed by atoms with van der Waals surface area (Å²) in [7, 11) is 0. The third-order valence-corrected chi connectivity index (χ3v) is 6.91. The van der Waals surface area contributed by atoms with Crippen molar-refractivity contribution < 1.29 is 23.3 Å². The lowest BCUT2D eigenvalue weighted by atomic mass is 10.0. The van der Waals surface area contributed by atoms with Crippen LogP contribution in [0, 0.1) is 17.0 Å². The maximum atomic E-state index is 13.6. The highest BCUT2D eigenvalue weighted by Crippen LogP contribution is 2.35. The van der Waals surface area contributed by atoms with Gasteiger partial charge in [-0.05, 0) is 50.6 Å². The van der Waals surface area contributed by atoms with E-state index in [0.29, 0.717) is 37.9 Å². The van der Waals surface area contributed by atoms with Crippen molar-refractivity contribution in [2.24, 2.45) is 4.99 Å². The van der Waals surface area contributed by atoms with Gasteiger partial charge >= 0.3 is 5.97 Å². The van der Waals surface area contributed by atoms with Crippen molar-refractivity contribution in [1.29, 1.82) is 0 Å².